The van der Waals surface area contributed by atoms with E-state index in [2.05, 4.69) is 31.1 Å². The first-order valence-electron chi connectivity index (χ1n) is 5.03. The normalized spacial score (nSPS) is 12.5. The van der Waals surface area contributed by atoms with Crippen LogP contribution in [0, 0.1) is 5.92 Å². The molecular weight excluding hydrogens is 206 g/mol. The lowest BCUT2D eigenvalue weighted by Gasteiger charge is -2.18. The van der Waals surface area contributed by atoms with E-state index in [4.69, 9.17) is 18.0 Å². The molecule has 4 heteroatoms. The van der Waals surface area contributed by atoms with Crippen LogP contribution < -0.4 is 11.1 Å². The summed E-state index contributed by atoms with van der Waals surface area (Å²) in [5, 5.41) is 3.31. The van der Waals surface area contributed by atoms with E-state index in [0.29, 0.717) is 16.9 Å². The van der Waals surface area contributed by atoms with Gasteiger partial charge in [-0.15, -0.1) is 0 Å². The highest BCUT2D eigenvalue weighted by Crippen LogP contribution is 2.11. The van der Waals surface area contributed by atoms with Crippen LogP contribution in [-0.4, -0.2) is 16.0 Å². The van der Waals surface area contributed by atoms with Gasteiger partial charge in [0.15, 0.2) is 0 Å². The number of nitrogens with two attached hydrogens (primary N) is 1. The van der Waals surface area contributed by atoms with Crippen LogP contribution in [-0.2, 0) is 0 Å². The minimum atomic E-state index is 0.374. The number of thiocarbonyl (C=S) groups is 1. The molecule has 1 aromatic heterocycles. The first-order valence-corrected chi connectivity index (χ1v) is 5.44. The maximum atomic E-state index is 5.55. The maximum absolute atomic E-state index is 5.55. The van der Waals surface area contributed by atoms with Crippen LogP contribution in [0.5, 0.6) is 0 Å². The van der Waals surface area contributed by atoms with Crippen molar-refractivity contribution >= 4 is 23.0 Å². The molecule has 0 aromatic carbocycles. The SMILES string of the molecule is CC(C)C(C)Nc1cc(C(N)=S)ccn1. The molecule has 3 N–H and O–H groups in total. The van der Waals surface area contributed by atoms with Gasteiger partial charge in [-0.05, 0) is 25.0 Å². The number of pyridine rings is 1. The van der Waals surface area contributed by atoms with Crippen molar-refractivity contribution in [2.45, 2.75) is 26.8 Å². The van der Waals surface area contributed by atoms with Gasteiger partial charge in [0.05, 0.1) is 0 Å². The molecule has 1 rings (SSSR count). The minimum absolute atomic E-state index is 0.374. The summed E-state index contributed by atoms with van der Waals surface area (Å²) in [5.41, 5.74) is 6.39. The van der Waals surface area contributed by atoms with E-state index >= 15 is 0 Å². The van der Waals surface area contributed by atoms with Crippen LogP contribution in [0.1, 0.15) is 26.3 Å². The number of aromatic nitrogens is 1. The Morgan fingerprint density at radius 2 is 2.13 bits per heavy atom. The van der Waals surface area contributed by atoms with E-state index in [-0.39, 0.29) is 0 Å². The van der Waals surface area contributed by atoms with Crippen LogP contribution in [0.4, 0.5) is 5.82 Å². The first-order chi connectivity index (χ1) is 7.00. The van der Waals surface area contributed by atoms with Crippen molar-refractivity contribution in [2.24, 2.45) is 11.7 Å². The van der Waals surface area contributed by atoms with Gasteiger partial charge < -0.3 is 11.1 Å². The van der Waals surface area contributed by atoms with Crippen molar-refractivity contribution in [3.8, 4) is 0 Å². The van der Waals surface area contributed by atoms with Crippen LogP contribution in [0.2, 0.25) is 0 Å². The van der Waals surface area contributed by atoms with E-state index in [1.165, 1.54) is 0 Å². The monoisotopic (exact) mass is 223 g/mol. The van der Waals surface area contributed by atoms with E-state index < -0.39 is 0 Å². The van der Waals surface area contributed by atoms with Crippen molar-refractivity contribution in [3.05, 3.63) is 23.9 Å². The van der Waals surface area contributed by atoms with Crippen LogP contribution in [0.15, 0.2) is 18.3 Å². The molecule has 0 aliphatic carbocycles. The summed E-state index contributed by atoms with van der Waals surface area (Å²) in [7, 11) is 0. The number of rotatable bonds is 4. The van der Waals surface area contributed by atoms with Gasteiger partial charge in [-0.3, -0.25) is 0 Å². The maximum Gasteiger partial charge on any atom is 0.126 e. The number of nitrogens with one attached hydrogen (secondary N) is 1. The van der Waals surface area contributed by atoms with E-state index in [0.717, 1.165) is 11.4 Å². The smallest absolute Gasteiger partial charge is 0.126 e. The fourth-order valence-electron chi connectivity index (χ4n) is 1.06. The topological polar surface area (TPSA) is 50.9 Å². The highest BCUT2D eigenvalue weighted by molar-refractivity contribution is 7.80. The third kappa shape index (κ3) is 3.47. The second kappa shape index (κ2) is 5.07. The predicted molar refractivity (Wildman–Crippen MR) is 68.0 cm³/mol. The predicted octanol–water partition coefficient (Wildman–Crippen LogP) is 2.17. The molecule has 0 aliphatic heterocycles. The Morgan fingerprint density at radius 3 is 2.67 bits per heavy atom. The van der Waals surface area contributed by atoms with E-state index in [9.17, 15) is 0 Å². The molecule has 1 heterocycles. The average Bonchev–Trinajstić information content (AvgIpc) is 2.18. The van der Waals surface area contributed by atoms with Crippen LogP contribution in [0.25, 0.3) is 0 Å². The molecule has 0 spiro atoms. The summed E-state index contributed by atoms with van der Waals surface area (Å²) in [6.45, 7) is 6.45. The molecule has 0 radical (unpaired) electrons. The molecule has 15 heavy (non-hydrogen) atoms. The van der Waals surface area contributed by atoms with E-state index in [1.54, 1.807) is 6.20 Å². The lowest BCUT2D eigenvalue weighted by molar-refractivity contribution is 0.558. The Bertz CT molecular complexity index is 349. The standard InChI is InChI=1S/C11H17N3S/c1-7(2)8(3)14-10-6-9(11(12)15)4-5-13-10/h4-8H,1-3H3,(H2,12,15)(H,13,14). The molecule has 1 atom stereocenters. The Kier molecular flexibility index (Phi) is 4.03. The number of hydrogen-bond acceptors (Lipinski definition) is 3. The fraction of sp³-hybridized carbons (Fsp3) is 0.455. The molecule has 3 nitrogen and oxygen atoms in total. The number of hydrogen-bond donors (Lipinski definition) is 2. The van der Waals surface area contributed by atoms with E-state index in [1.807, 2.05) is 12.1 Å². The molecule has 1 aromatic rings. The van der Waals surface area contributed by atoms with Gasteiger partial charge in [0.25, 0.3) is 0 Å². The number of anilines is 1. The quantitative estimate of drug-likeness (QED) is 0.768. The van der Waals surface area contributed by atoms with Crippen molar-refractivity contribution in [3.63, 3.8) is 0 Å². The van der Waals surface area contributed by atoms with Crippen molar-refractivity contribution in [1.82, 2.24) is 4.98 Å². The summed E-state index contributed by atoms with van der Waals surface area (Å²) < 4.78 is 0. The lowest BCUT2D eigenvalue weighted by atomic mass is 10.1. The van der Waals surface area contributed by atoms with Gasteiger partial charge in [0.2, 0.25) is 0 Å². The highest BCUT2D eigenvalue weighted by Gasteiger charge is 2.07. The second-order valence-electron chi connectivity index (χ2n) is 3.97. The Hall–Kier alpha value is -1.16. The summed E-state index contributed by atoms with van der Waals surface area (Å²) in [4.78, 5) is 4.62. The molecular formula is C11H17N3S. The van der Waals surface area contributed by atoms with Gasteiger partial charge in [-0.2, -0.15) is 0 Å². The molecule has 0 fully saturated rings. The summed E-state index contributed by atoms with van der Waals surface area (Å²) >= 11 is 4.91. The summed E-state index contributed by atoms with van der Waals surface area (Å²) in [5.74, 6) is 1.38. The first kappa shape index (κ1) is 11.9. The fourth-order valence-corrected chi connectivity index (χ4v) is 1.19. The van der Waals surface area contributed by atoms with Gasteiger partial charge in [0, 0.05) is 17.8 Å². The molecule has 0 aliphatic rings. The van der Waals surface area contributed by atoms with Gasteiger partial charge >= 0.3 is 0 Å². The second-order valence-corrected chi connectivity index (χ2v) is 4.41. The van der Waals surface area contributed by atoms with Crippen molar-refractivity contribution in [1.29, 1.82) is 0 Å². The molecule has 0 amide bonds. The van der Waals surface area contributed by atoms with Gasteiger partial charge in [0.1, 0.15) is 10.8 Å². The zero-order valence-electron chi connectivity index (χ0n) is 9.32. The van der Waals surface area contributed by atoms with Crippen LogP contribution >= 0.6 is 12.2 Å². The molecule has 0 saturated carbocycles. The molecule has 0 saturated heterocycles. The van der Waals surface area contributed by atoms with Gasteiger partial charge in [-0.25, -0.2) is 4.98 Å². The summed E-state index contributed by atoms with van der Waals surface area (Å²) in [6.07, 6.45) is 1.71. The largest absolute Gasteiger partial charge is 0.389 e. The van der Waals surface area contributed by atoms with Gasteiger partial charge in [-0.1, -0.05) is 26.1 Å². The Labute approximate surface area is 96.1 Å². The minimum Gasteiger partial charge on any atom is -0.389 e. The molecule has 1 unspecified atom stereocenters. The van der Waals surface area contributed by atoms with Crippen LogP contribution in [0.3, 0.4) is 0 Å². The third-order valence-corrected chi connectivity index (χ3v) is 2.66. The zero-order valence-corrected chi connectivity index (χ0v) is 10.1. The summed E-state index contributed by atoms with van der Waals surface area (Å²) in [6, 6.07) is 4.06. The zero-order chi connectivity index (χ0) is 11.4. The molecule has 0 bridgehead atoms. The lowest BCUT2D eigenvalue weighted by Crippen LogP contribution is -2.22. The molecule has 82 valence electrons. The van der Waals surface area contributed by atoms with Crippen molar-refractivity contribution in [2.75, 3.05) is 5.32 Å². The number of nitrogens with zero attached hydrogens (tertiary/aromatic N) is 1. The highest BCUT2D eigenvalue weighted by atomic mass is 32.1. The Balaban J connectivity index is 2.78. The third-order valence-electron chi connectivity index (χ3n) is 2.42. The average molecular weight is 223 g/mol. The Morgan fingerprint density at radius 1 is 1.47 bits per heavy atom. The van der Waals surface area contributed by atoms with Crippen molar-refractivity contribution < 1.29 is 0 Å².